The number of amides is 4. The van der Waals surface area contributed by atoms with Crippen LogP contribution in [0.2, 0.25) is 0 Å². The summed E-state index contributed by atoms with van der Waals surface area (Å²) in [5.74, 6) is -1.40. The van der Waals surface area contributed by atoms with E-state index in [2.05, 4.69) is 37.4 Å². The first-order chi connectivity index (χ1) is 14.1. The molecule has 2 aromatic rings. The van der Waals surface area contributed by atoms with E-state index in [4.69, 9.17) is 4.74 Å². The standard InChI is InChI=1S/C20H21BrN4O5/c1-11(30-18-6-4-5-15(21)9-18)19(28)24-25-20(29)14-7-16(22-12(2)26)10-17(8-14)23-13(3)27/h4-11H,1-3H3,(H,22,26)(H,23,27)(H,24,28)(H,25,29)/t11-/m1/s1. The Morgan fingerprint density at radius 2 is 1.50 bits per heavy atom. The van der Waals surface area contributed by atoms with E-state index in [0.29, 0.717) is 17.1 Å². The maximum atomic E-state index is 12.5. The zero-order chi connectivity index (χ0) is 22.3. The fourth-order valence-electron chi connectivity index (χ4n) is 2.40. The van der Waals surface area contributed by atoms with E-state index < -0.39 is 17.9 Å². The molecule has 1 atom stereocenters. The monoisotopic (exact) mass is 476 g/mol. The Labute approximate surface area is 181 Å². The van der Waals surface area contributed by atoms with E-state index in [1.807, 2.05) is 6.07 Å². The summed E-state index contributed by atoms with van der Waals surface area (Å²) >= 11 is 3.32. The van der Waals surface area contributed by atoms with Crippen LogP contribution in [0.15, 0.2) is 46.9 Å². The summed E-state index contributed by atoms with van der Waals surface area (Å²) in [6.45, 7) is 4.17. The quantitative estimate of drug-likeness (QED) is 0.476. The summed E-state index contributed by atoms with van der Waals surface area (Å²) in [5.41, 5.74) is 5.32. The summed E-state index contributed by atoms with van der Waals surface area (Å²) in [6.07, 6.45) is -0.875. The van der Waals surface area contributed by atoms with Crippen LogP contribution < -0.4 is 26.2 Å². The molecule has 0 unspecified atom stereocenters. The maximum absolute atomic E-state index is 12.5. The summed E-state index contributed by atoms with van der Waals surface area (Å²) in [5, 5.41) is 5.09. The van der Waals surface area contributed by atoms with Gasteiger partial charge in [-0.3, -0.25) is 30.0 Å². The molecule has 30 heavy (non-hydrogen) atoms. The lowest BCUT2D eigenvalue weighted by Gasteiger charge is -2.16. The molecule has 0 bridgehead atoms. The molecule has 0 saturated heterocycles. The number of anilines is 2. The zero-order valence-electron chi connectivity index (χ0n) is 16.5. The molecule has 0 spiro atoms. The first-order valence-electron chi connectivity index (χ1n) is 8.86. The minimum Gasteiger partial charge on any atom is -0.481 e. The van der Waals surface area contributed by atoms with Crippen molar-refractivity contribution in [2.24, 2.45) is 0 Å². The van der Waals surface area contributed by atoms with Crippen LogP contribution in [0.4, 0.5) is 11.4 Å². The smallest absolute Gasteiger partial charge is 0.279 e. The fraction of sp³-hybridized carbons (Fsp3) is 0.200. The highest BCUT2D eigenvalue weighted by molar-refractivity contribution is 9.10. The summed E-state index contributed by atoms with van der Waals surface area (Å²) < 4.78 is 6.33. The van der Waals surface area contributed by atoms with Gasteiger partial charge < -0.3 is 15.4 Å². The topological polar surface area (TPSA) is 126 Å². The number of ether oxygens (including phenoxy) is 1. The molecular weight excluding hydrogens is 456 g/mol. The van der Waals surface area contributed by atoms with Gasteiger partial charge in [0.2, 0.25) is 11.8 Å². The zero-order valence-corrected chi connectivity index (χ0v) is 18.1. The van der Waals surface area contributed by atoms with Crippen molar-refractivity contribution in [1.82, 2.24) is 10.9 Å². The summed E-state index contributed by atoms with van der Waals surface area (Å²) in [4.78, 5) is 47.3. The number of carbonyl (C=O) groups excluding carboxylic acids is 4. The van der Waals surface area contributed by atoms with Crippen LogP contribution in [-0.2, 0) is 14.4 Å². The highest BCUT2D eigenvalue weighted by Gasteiger charge is 2.17. The lowest BCUT2D eigenvalue weighted by Crippen LogP contribution is -2.47. The van der Waals surface area contributed by atoms with E-state index >= 15 is 0 Å². The molecule has 0 radical (unpaired) electrons. The molecule has 0 fully saturated rings. The van der Waals surface area contributed by atoms with Gasteiger partial charge in [0, 0.05) is 35.3 Å². The van der Waals surface area contributed by atoms with Crippen LogP contribution in [0, 0.1) is 0 Å². The van der Waals surface area contributed by atoms with Crippen molar-refractivity contribution in [1.29, 1.82) is 0 Å². The van der Waals surface area contributed by atoms with E-state index in [1.165, 1.54) is 39.0 Å². The number of hydrazine groups is 1. The van der Waals surface area contributed by atoms with E-state index in [1.54, 1.807) is 18.2 Å². The van der Waals surface area contributed by atoms with Crippen molar-refractivity contribution in [2.45, 2.75) is 26.9 Å². The Bertz CT molecular complexity index is 945. The number of hydrogen-bond acceptors (Lipinski definition) is 5. The molecule has 4 N–H and O–H groups in total. The Morgan fingerprint density at radius 1 is 0.900 bits per heavy atom. The average Bonchev–Trinajstić information content (AvgIpc) is 2.64. The van der Waals surface area contributed by atoms with Crippen molar-refractivity contribution in [3.8, 4) is 5.75 Å². The molecule has 0 heterocycles. The van der Waals surface area contributed by atoms with Gasteiger partial charge in [-0.05, 0) is 43.3 Å². The van der Waals surface area contributed by atoms with Gasteiger partial charge in [-0.2, -0.15) is 0 Å². The molecule has 2 rings (SSSR count). The highest BCUT2D eigenvalue weighted by atomic mass is 79.9. The molecule has 0 saturated carbocycles. The van der Waals surface area contributed by atoms with E-state index in [0.717, 1.165) is 4.47 Å². The SMILES string of the molecule is CC(=O)Nc1cc(NC(C)=O)cc(C(=O)NNC(=O)[C@@H](C)Oc2cccc(Br)c2)c1. The Morgan fingerprint density at radius 3 is 2.03 bits per heavy atom. The molecule has 0 aliphatic rings. The Balaban J connectivity index is 2.04. The first-order valence-corrected chi connectivity index (χ1v) is 9.66. The second kappa shape index (κ2) is 10.4. The van der Waals surface area contributed by atoms with Gasteiger partial charge in [0.25, 0.3) is 11.8 Å². The molecule has 9 nitrogen and oxygen atoms in total. The first kappa shape index (κ1) is 22.9. The summed E-state index contributed by atoms with van der Waals surface area (Å²) in [6, 6.07) is 11.3. The Kier molecular flexibility index (Phi) is 7.93. The predicted octanol–water partition coefficient (Wildman–Crippen LogP) is 2.59. The molecule has 0 aliphatic heterocycles. The van der Waals surface area contributed by atoms with Gasteiger partial charge in [0.05, 0.1) is 0 Å². The van der Waals surface area contributed by atoms with Crippen molar-refractivity contribution in [3.05, 3.63) is 52.5 Å². The summed E-state index contributed by atoms with van der Waals surface area (Å²) in [7, 11) is 0. The van der Waals surface area contributed by atoms with Crippen LogP contribution in [-0.4, -0.2) is 29.7 Å². The minimum atomic E-state index is -0.875. The van der Waals surface area contributed by atoms with Gasteiger partial charge in [-0.15, -0.1) is 0 Å². The number of nitrogens with one attached hydrogen (secondary N) is 4. The van der Waals surface area contributed by atoms with Gasteiger partial charge in [0.1, 0.15) is 5.75 Å². The van der Waals surface area contributed by atoms with E-state index in [9.17, 15) is 19.2 Å². The van der Waals surface area contributed by atoms with Gasteiger partial charge in [-0.1, -0.05) is 22.0 Å². The third-order valence-electron chi connectivity index (χ3n) is 3.61. The van der Waals surface area contributed by atoms with Gasteiger partial charge >= 0.3 is 0 Å². The second-order valence-electron chi connectivity index (χ2n) is 6.32. The number of hydrogen-bond donors (Lipinski definition) is 4. The number of carbonyl (C=O) groups is 4. The molecule has 2 aromatic carbocycles. The lowest BCUT2D eigenvalue weighted by atomic mass is 10.1. The molecule has 0 aromatic heterocycles. The van der Waals surface area contributed by atoms with E-state index in [-0.39, 0.29) is 17.4 Å². The van der Waals surface area contributed by atoms with Crippen molar-refractivity contribution in [3.63, 3.8) is 0 Å². The Hall–Kier alpha value is -3.40. The van der Waals surface area contributed by atoms with Crippen LogP contribution >= 0.6 is 15.9 Å². The third kappa shape index (κ3) is 7.21. The fourth-order valence-corrected chi connectivity index (χ4v) is 2.78. The number of halogens is 1. The number of benzene rings is 2. The lowest BCUT2D eigenvalue weighted by molar-refractivity contribution is -0.128. The molecule has 10 heteroatoms. The maximum Gasteiger partial charge on any atom is 0.279 e. The van der Waals surface area contributed by atoms with Crippen LogP contribution in [0.1, 0.15) is 31.1 Å². The normalized spacial score (nSPS) is 11.1. The molecular formula is C20H21BrN4O5. The molecule has 0 aliphatic carbocycles. The predicted molar refractivity (Wildman–Crippen MR) is 115 cm³/mol. The largest absolute Gasteiger partial charge is 0.481 e. The highest BCUT2D eigenvalue weighted by Crippen LogP contribution is 2.20. The molecule has 158 valence electrons. The average molecular weight is 477 g/mol. The van der Waals surface area contributed by atoms with Crippen LogP contribution in [0.3, 0.4) is 0 Å². The van der Waals surface area contributed by atoms with Gasteiger partial charge in [0.15, 0.2) is 6.10 Å². The van der Waals surface area contributed by atoms with Crippen molar-refractivity contribution >= 4 is 50.9 Å². The van der Waals surface area contributed by atoms with Crippen LogP contribution in [0.5, 0.6) is 5.75 Å². The third-order valence-corrected chi connectivity index (χ3v) is 4.11. The van der Waals surface area contributed by atoms with Crippen molar-refractivity contribution < 1.29 is 23.9 Å². The van der Waals surface area contributed by atoms with Crippen LogP contribution in [0.25, 0.3) is 0 Å². The second-order valence-corrected chi connectivity index (χ2v) is 7.24. The number of rotatable bonds is 6. The minimum absolute atomic E-state index is 0.117. The molecule has 4 amide bonds. The van der Waals surface area contributed by atoms with Crippen molar-refractivity contribution in [2.75, 3.05) is 10.6 Å². The van der Waals surface area contributed by atoms with Gasteiger partial charge in [-0.25, -0.2) is 0 Å².